The molecule has 0 atom stereocenters. The molecule has 5 N–H and O–H groups in total. The number of anilines is 1. The Morgan fingerprint density at radius 2 is 1.88 bits per heavy atom. The Morgan fingerprint density at radius 3 is 2.50 bits per heavy atom. The predicted molar refractivity (Wildman–Crippen MR) is 67.3 cm³/mol. The Bertz CT molecular complexity index is 345. The largest absolute Gasteiger partial charge is 0.369 e. The van der Waals surface area contributed by atoms with Crippen molar-refractivity contribution in [1.29, 1.82) is 0 Å². The van der Waals surface area contributed by atoms with E-state index in [1.807, 2.05) is 0 Å². The molecular formula is C12H20N4. The van der Waals surface area contributed by atoms with Gasteiger partial charge in [-0.2, -0.15) is 0 Å². The molecule has 2 rings (SSSR count). The van der Waals surface area contributed by atoms with E-state index in [9.17, 15) is 0 Å². The summed E-state index contributed by atoms with van der Waals surface area (Å²) in [7, 11) is 0. The van der Waals surface area contributed by atoms with Crippen molar-refractivity contribution in [3.63, 3.8) is 0 Å². The Hall–Kier alpha value is -1.10. The van der Waals surface area contributed by atoms with Gasteiger partial charge in [-0.25, -0.2) is 0 Å². The Balaban J connectivity index is 2.27. The van der Waals surface area contributed by atoms with Gasteiger partial charge in [0, 0.05) is 45.0 Å². The van der Waals surface area contributed by atoms with E-state index < -0.39 is 0 Å². The van der Waals surface area contributed by atoms with Crippen molar-refractivity contribution in [3.05, 3.63) is 29.3 Å². The number of nitrogens with one attached hydrogen (secondary N) is 1. The first-order valence-corrected chi connectivity index (χ1v) is 5.82. The Kier molecular flexibility index (Phi) is 3.77. The fraction of sp³-hybridized carbons (Fsp3) is 0.500. The van der Waals surface area contributed by atoms with Gasteiger partial charge in [-0.3, -0.25) is 0 Å². The highest BCUT2D eigenvalue weighted by molar-refractivity contribution is 5.56. The molecule has 0 radical (unpaired) electrons. The summed E-state index contributed by atoms with van der Waals surface area (Å²) in [6.07, 6.45) is 0. The zero-order valence-electron chi connectivity index (χ0n) is 9.58. The van der Waals surface area contributed by atoms with Gasteiger partial charge in [0.25, 0.3) is 0 Å². The average molecular weight is 220 g/mol. The van der Waals surface area contributed by atoms with Crippen LogP contribution >= 0.6 is 0 Å². The number of benzene rings is 1. The highest BCUT2D eigenvalue weighted by Gasteiger charge is 2.13. The van der Waals surface area contributed by atoms with Gasteiger partial charge in [-0.05, 0) is 17.2 Å². The molecule has 1 aromatic rings. The van der Waals surface area contributed by atoms with Gasteiger partial charge in [0.2, 0.25) is 0 Å². The van der Waals surface area contributed by atoms with Crippen molar-refractivity contribution in [1.82, 2.24) is 5.32 Å². The van der Waals surface area contributed by atoms with Crippen LogP contribution in [0.1, 0.15) is 11.1 Å². The van der Waals surface area contributed by atoms with Gasteiger partial charge in [0.05, 0.1) is 0 Å². The molecule has 1 aliphatic heterocycles. The minimum absolute atomic E-state index is 0.587. The molecule has 0 spiro atoms. The van der Waals surface area contributed by atoms with Gasteiger partial charge < -0.3 is 21.7 Å². The molecule has 0 saturated carbocycles. The molecule has 0 bridgehead atoms. The van der Waals surface area contributed by atoms with Crippen LogP contribution in [0.4, 0.5) is 5.69 Å². The predicted octanol–water partition coefficient (Wildman–Crippen LogP) is 0.0136. The normalized spacial score (nSPS) is 16.5. The third kappa shape index (κ3) is 2.35. The second-order valence-corrected chi connectivity index (χ2v) is 4.11. The topological polar surface area (TPSA) is 67.3 Å². The molecule has 0 aliphatic carbocycles. The molecule has 4 heteroatoms. The minimum atomic E-state index is 0.587. The van der Waals surface area contributed by atoms with Crippen LogP contribution in [0.3, 0.4) is 0 Å². The molecule has 4 nitrogen and oxygen atoms in total. The molecule has 0 unspecified atom stereocenters. The third-order valence-electron chi connectivity index (χ3n) is 3.06. The van der Waals surface area contributed by atoms with E-state index in [4.69, 9.17) is 11.5 Å². The molecule has 0 aromatic heterocycles. The third-order valence-corrected chi connectivity index (χ3v) is 3.06. The summed E-state index contributed by atoms with van der Waals surface area (Å²) >= 11 is 0. The van der Waals surface area contributed by atoms with E-state index in [0.29, 0.717) is 13.1 Å². The van der Waals surface area contributed by atoms with E-state index in [1.54, 1.807) is 0 Å². The number of hydrogen-bond donors (Lipinski definition) is 3. The number of piperazine rings is 1. The number of rotatable bonds is 3. The van der Waals surface area contributed by atoms with E-state index in [-0.39, 0.29) is 0 Å². The minimum Gasteiger partial charge on any atom is -0.369 e. The first-order chi connectivity index (χ1) is 7.85. The van der Waals surface area contributed by atoms with Crippen molar-refractivity contribution in [3.8, 4) is 0 Å². The lowest BCUT2D eigenvalue weighted by Crippen LogP contribution is -2.44. The molecule has 88 valence electrons. The Labute approximate surface area is 96.6 Å². The maximum absolute atomic E-state index is 5.78. The number of nitrogens with two attached hydrogens (primary N) is 2. The van der Waals surface area contributed by atoms with Crippen LogP contribution in [0.15, 0.2) is 18.2 Å². The monoisotopic (exact) mass is 220 g/mol. The zero-order chi connectivity index (χ0) is 11.4. The average Bonchev–Trinajstić information content (AvgIpc) is 2.39. The summed E-state index contributed by atoms with van der Waals surface area (Å²) < 4.78 is 0. The summed E-state index contributed by atoms with van der Waals surface area (Å²) in [6.45, 7) is 5.34. The summed E-state index contributed by atoms with van der Waals surface area (Å²) in [6, 6.07) is 6.33. The lowest BCUT2D eigenvalue weighted by atomic mass is 10.1. The van der Waals surface area contributed by atoms with Crippen molar-refractivity contribution in [2.75, 3.05) is 31.1 Å². The maximum atomic E-state index is 5.78. The second kappa shape index (κ2) is 5.30. The molecular weight excluding hydrogens is 200 g/mol. The van der Waals surface area contributed by atoms with Gasteiger partial charge in [0.1, 0.15) is 0 Å². The Morgan fingerprint density at radius 1 is 1.12 bits per heavy atom. The molecule has 1 aliphatic rings. The van der Waals surface area contributed by atoms with Crippen LogP contribution in [0.5, 0.6) is 0 Å². The van der Waals surface area contributed by atoms with Gasteiger partial charge >= 0.3 is 0 Å². The van der Waals surface area contributed by atoms with Crippen LogP contribution in [0.2, 0.25) is 0 Å². The molecule has 1 aromatic carbocycles. The molecule has 0 amide bonds. The van der Waals surface area contributed by atoms with Crippen LogP contribution in [0.25, 0.3) is 0 Å². The summed E-state index contributed by atoms with van der Waals surface area (Å²) in [4.78, 5) is 2.39. The van der Waals surface area contributed by atoms with Crippen molar-refractivity contribution >= 4 is 5.69 Å². The zero-order valence-corrected chi connectivity index (χ0v) is 9.58. The molecule has 16 heavy (non-hydrogen) atoms. The van der Waals surface area contributed by atoms with Crippen molar-refractivity contribution in [2.45, 2.75) is 13.1 Å². The lowest BCUT2D eigenvalue weighted by Gasteiger charge is -2.31. The van der Waals surface area contributed by atoms with E-state index in [2.05, 4.69) is 28.4 Å². The van der Waals surface area contributed by atoms with E-state index >= 15 is 0 Å². The number of nitrogens with zero attached hydrogens (tertiary/aromatic N) is 1. The van der Waals surface area contributed by atoms with Crippen LogP contribution in [-0.4, -0.2) is 26.2 Å². The smallest absolute Gasteiger partial charge is 0.0415 e. The fourth-order valence-electron chi connectivity index (χ4n) is 2.11. The first kappa shape index (κ1) is 11.4. The van der Waals surface area contributed by atoms with Crippen molar-refractivity contribution < 1.29 is 0 Å². The molecule has 1 saturated heterocycles. The second-order valence-electron chi connectivity index (χ2n) is 4.11. The fourth-order valence-corrected chi connectivity index (χ4v) is 2.11. The van der Waals surface area contributed by atoms with Gasteiger partial charge in [0.15, 0.2) is 0 Å². The summed E-state index contributed by atoms with van der Waals surface area (Å²) in [5.74, 6) is 0. The number of hydrogen-bond acceptors (Lipinski definition) is 4. The molecule has 1 fully saturated rings. The SMILES string of the molecule is NCc1ccc(CN)c(N2CCNCC2)c1. The highest BCUT2D eigenvalue weighted by Crippen LogP contribution is 2.22. The summed E-state index contributed by atoms with van der Waals surface area (Å²) in [5.41, 5.74) is 15.1. The summed E-state index contributed by atoms with van der Waals surface area (Å²) in [5, 5.41) is 3.35. The van der Waals surface area contributed by atoms with E-state index in [0.717, 1.165) is 26.2 Å². The lowest BCUT2D eigenvalue weighted by molar-refractivity contribution is 0.587. The van der Waals surface area contributed by atoms with Gasteiger partial charge in [-0.1, -0.05) is 12.1 Å². The molecule has 1 heterocycles. The van der Waals surface area contributed by atoms with Gasteiger partial charge in [-0.15, -0.1) is 0 Å². The van der Waals surface area contributed by atoms with E-state index in [1.165, 1.54) is 16.8 Å². The maximum Gasteiger partial charge on any atom is 0.0415 e. The quantitative estimate of drug-likeness (QED) is 0.671. The van der Waals surface area contributed by atoms with Crippen LogP contribution in [-0.2, 0) is 13.1 Å². The first-order valence-electron chi connectivity index (χ1n) is 5.82. The van der Waals surface area contributed by atoms with Crippen LogP contribution < -0.4 is 21.7 Å². The standard InChI is InChI=1S/C12H20N4/c13-8-10-1-2-11(9-14)12(7-10)16-5-3-15-4-6-16/h1-2,7,15H,3-6,8-9,13-14H2. The highest BCUT2D eigenvalue weighted by atomic mass is 15.2. The van der Waals surface area contributed by atoms with Crippen LogP contribution in [0, 0.1) is 0 Å². The van der Waals surface area contributed by atoms with Crippen molar-refractivity contribution in [2.24, 2.45) is 11.5 Å².